The first kappa shape index (κ1) is 20.8. The van der Waals surface area contributed by atoms with Crippen LogP contribution in [0.25, 0.3) is 0 Å². The lowest BCUT2D eigenvalue weighted by molar-refractivity contribution is -0.125. The van der Waals surface area contributed by atoms with E-state index in [4.69, 9.17) is 4.74 Å². The van der Waals surface area contributed by atoms with Crippen LogP contribution in [0.5, 0.6) is 0 Å². The molecule has 1 saturated carbocycles. The Morgan fingerprint density at radius 1 is 0.935 bits per heavy atom. The van der Waals surface area contributed by atoms with E-state index in [1.807, 2.05) is 30.3 Å². The molecule has 0 saturated heterocycles. The van der Waals surface area contributed by atoms with Crippen LogP contribution in [0.15, 0.2) is 48.5 Å². The third-order valence-electron chi connectivity index (χ3n) is 5.69. The van der Waals surface area contributed by atoms with Crippen LogP contribution >= 0.6 is 0 Å². The first-order valence-corrected chi connectivity index (χ1v) is 10.5. The van der Waals surface area contributed by atoms with Crippen molar-refractivity contribution in [2.24, 2.45) is 0 Å². The van der Waals surface area contributed by atoms with Gasteiger partial charge in [0.05, 0.1) is 23.2 Å². The normalized spacial score (nSPS) is 16.2. The molecule has 2 aliphatic rings. The highest BCUT2D eigenvalue weighted by molar-refractivity contribution is 6.21. The lowest BCUT2D eigenvalue weighted by Gasteiger charge is -2.22. The third kappa shape index (κ3) is 4.66. The third-order valence-corrected chi connectivity index (χ3v) is 5.69. The average Bonchev–Trinajstić information content (AvgIpc) is 3.03. The molecule has 2 aromatic rings. The van der Waals surface area contributed by atoms with Crippen molar-refractivity contribution < 1.29 is 23.9 Å². The van der Waals surface area contributed by atoms with Crippen molar-refractivity contribution in [2.45, 2.75) is 44.7 Å². The van der Waals surface area contributed by atoms with E-state index in [0.717, 1.165) is 36.1 Å². The predicted molar refractivity (Wildman–Crippen MR) is 112 cm³/mol. The summed E-state index contributed by atoms with van der Waals surface area (Å²) < 4.78 is 5.11. The molecule has 3 amide bonds. The summed E-state index contributed by atoms with van der Waals surface area (Å²) in [7, 11) is 0. The van der Waals surface area contributed by atoms with Crippen LogP contribution < -0.4 is 5.32 Å². The van der Waals surface area contributed by atoms with Gasteiger partial charge in [0.2, 0.25) is 0 Å². The molecule has 1 aliphatic carbocycles. The molecule has 0 bridgehead atoms. The number of carbonyl (C=O) groups excluding carboxylic acids is 4. The molecular weight excluding hydrogens is 396 g/mol. The van der Waals surface area contributed by atoms with Crippen molar-refractivity contribution in [3.63, 3.8) is 0 Å². The fraction of sp³-hybridized carbons (Fsp3) is 0.333. The molecule has 4 rings (SSSR count). The van der Waals surface area contributed by atoms with E-state index in [-0.39, 0.29) is 41.8 Å². The van der Waals surface area contributed by atoms with Crippen LogP contribution in [0.4, 0.5) is 0 Å². The quantitative estimate of drug-likeness (QED) is 0.573. The molecule has 0 unspecified atom stereocenters. The summed E-state index contributed by atoms with van der Waals surface area (Å²) in [5.41, 5.74) is 1.39. The Labute approximate surface area is 180 Å². The van der Waals surface area contributed by atoms with Crippen molar-refractivity contribution >= 4 is 23.7 Å². The predicted octanol–water partition coefficient (Wildman–Crippen LogP) is 3.09. The number of benzene rings is 2. The second-order valence-electron chi connectivity index (χ2n) is 7.92. The monoisotopic (exact) mass is 420 g/mol. The lowest BCUT2D eigenvalue weighted by Crippen LogP contribution is -2.38. The maximum atomic E-state index is 12.8. The van der Waals surface area contributed by atoms with E-state index >= 15 is 0 Å². The van der Waals surface area contributed by atoms with Crippen molar-refractivity contribution in [1.82, 2.24) is 10.2 Å². The highest BCUT2D eigenvalue weighted by Crippen LogP contribution is 2.26. The highest BCUT2D eigenvalue weighted by Gasteiger charge is 2.36. The van der Waals surface area contributed by atoms with E-state index in [9.17, 15) is 19.2 Å². The SMILES string of the molecule is O=C(COC(=O)c1ccc2c(c1)C(=O)N(Cc1ccccc1)C2=O)NC1CCCCC1. The minimum atomic E-state index is -0.705. The van der Waals surface area contributed by atoms with Crippen molar-refractivity contribution in [3.8, 4) is 0 Å². The van der Waals surface area contributed by atoms with E-state index in [1.54, 1.807) is 0 Å². The van der Waals surface area contributed by atoms with Gasteiger partial charge in [0, 0.05) is 6.04 Å². The van der Waals surface area contributed by atoms with Gasteiger partial charge in [-0.15, -0.1) is 0 Å². The Bertz CT molecular complexity index is 1010. The number of hydrogen-bond acceptors (Lipinski definition) is 5. The van der Waals surface area contributed by atoms with Crippen LogP contribution in [0.1, 0.15) is 68.7 Å². The van der Waals surface area contributed by atoms with Crippen molar-refractivity contribution in [2.75, 3.05) is 6.61 Å². The van der Waals surface area contributed by atoms with Gasteiger partial charge in [-0.05, 0) is 36.6 Å². The van der Waals surface area contributed by atoms with Gasteiger partial charge >= 0.3 is 5.97 Å². The smallest absolute Gasteiger partial charge is 0.338 e. The number of amides is 3. The maximum Gasteiger partial charge on any atom is 0.338 e. The van der Waals surface area contributed by atoms with Crippen LogP contribution in [-0.4, -0.2) is 41.2 Å². The molecular formula is C24H24N2O5. The van der Waals surface area contributed by atoms with Crippen LogP contribution in [-0.2, 0) is 16.1 Å². The number of imide groups is 1. The van der Waals surface area contributed by atoms with Crippen molar-refractivity contribution in [1.29, 1.82) is 0 Å². The molecule has 0 spiro atoms. The Hall–Kier alpha value is -3.48. The number of nitrogens with zero attached hydrogens (tertiary/aromatic N) is 1. The summed E-state index contributed by atoms with van der Waals surface area (Å²) in [5.74, 6) is -1.88. The minimum Gasteiger partial charge on any atom is -0.452 e. The Kier molecular flexibility index (Phi) is 6.11. The average molecular weight is 420 g/mol. The highest BCUT2D eigenvalue weighted by atomic mass is 16.5. The number of fused-ring (bicyclic) bond motifs is 1. The summed E-state index contributed by atoms with van der Waals surface area (Å²) >= 11 is 0. The first-order valence-electron chi connectivity index (χ1n) is 10.5. The number of esters is 1. The zero-order valence-corrected chi connectivity index (χ0v) is 17.1. The number of carbonyl (C=O) groups is 4. The molecule has 2 aromatic carbocycles. The minimum absolute atomic E-state index is 0.131. The summed E-state index contributed by atoms with van der Waals surface area (Å²) in [6.07, 6.45) is 5.26. The largest absolute Gasteiger partial charge is 0.452 e. The summed E-state index contributed by atoms with van der Waals surface area (Å²) in [4.78, 5) is 51.0. The number of nitrogens with one attached hydrogen (secondary N) is 1. The van der Waals surface area contributed by atoms with Crippen LogP contribution in [0.2, 0.25) is 0 Å². The molecule has 160 valence electrons. The zero-order valence-electron chi connectivity index (χ0n) is 17.1. The van der Waals surface area contributed by atoms with Crippen LogP contribution in [0.3, 0.4) is 0 Å². The Morgan fingerprint density at radius 2 is 1.65 bits per heavy atom. The fourth-order valence-electron chi connectivity index (χ4n) is 4.06. The van der Waals surface area contributed by atoms with Gasteiger partial charge in [0.1, 0.15) is 0 Å². The molecule has 1 heterocycles. The van der Waals surface area contributed by atoms with Gasteiger partial charge in [-0.3, -0.25) is 19.3 Å². The summed E-state index contributed by atoms with van der Waals surface area (Å²) in [5, 5.41) is 2.89. The van der Waals surface area contributed by atoms with Gasteiger partial charge in [0.15, 0.2) is 6.61 Å². The van der Waals surface area contributed by atoms with E-state index in [1.165, 1.54) is 24.6 Å². The molecule has 1 aliphatic heterocycles. The van der Waals surface area contributed by atoms with Gasteiger partial charge in [-0.1, -0.05) is 49.6 Å². The molecule has 7 heteroatoms. The molecule has 7 nitrogen and oxygen atoms in total. The van der Waals surface area contributed by atoms with E-state index in [0.29, 0.717) is 0 Å². The molecule has 1 fully saturated rings. The lowest BCUT2D eigenvalue weighted by atomic mass is 9.95. The van der Waals surface area contributed by atoms with Gasteiger partial charge in [-0.2, -0.15) is 0 Å². The second-order valence-corrected chi connectivity index (χ2v) is 7.92. The molecule has 0 atom stereocenters. The van der Waals surface area contributed by atoms with E-state index in [2.05, 4.69) is 5.32 Å². The number of ether oxygens (including phenoxy) is 1. The standard InChI is InChI=1S/C24H24N2O5/c27-21(25-18-9-5-2-6-10-18)15-31-24(30)17-11-12-19-20(13-17)23(29)26(22(19)28)14-16-7-3-1-4-8-16/h1,3-4,7-8,11-13,18H,2,5-6,9-10,14-15H2,(H,25,27). The van der Waals surface area contributed by atoms with Gasteiger partial charge < -0.3 is 10.1 Å². The topological polar surface area (TPSA) is 92.8 Å². The number of rotatable bonds is 6. The maximum absolute atomic E-state index is 12.8. The Morgan fingerprint density at radius 3 is 2.39 bits per heavy atom. The fourth-order valence-corrected chi connectivity index (χ4v) is 4.06. The van der Waals surface area contributed by atoms with Gasteiger partial charge in [0.25, 0.3) is 17.7 Å². The summed E-state index contributed by atoms with van der Waals surface area (Å²) in [6, 6.07) is 13.6. The molecule has 0 radical (unpaired) electrons. The van der Waals surface area contributed by atoms with Crippen molar-refractivity contribution in [3.05, 3.63) is 70.8 Å². The van der Waals surface area contributed by atoms with Crippen LogP contribution in [0, 0.1) is 0 Å². The first-order chi connectivity index (χ1) is 15.0. The molecule has 31 heavy (non-hydrogen) atoms. The van der Waals surface area contributed by atoms with E-state index < -0.39 is 17.8 Å². The second kappa shape index (κ2) is 9.12. The zero-order chi connectivity index (χ0) is 21.8. The summed E-state index contributed by atoms with van der Waals surface area (Å²) in [6.45, 7) is -0.215. The number of hydrogen-bond donors (Lipinski definition) is 1. The Balaban J connectivity index is 1.38. The molecule has 0 aromatic heterocycles. The molecule has 1 N–H and O–H groups in total. The van der Waals surface area contributed by atoms with Gasteiger partial charge in [-0.25, -0.2) is 4.79 Å².